The Labute approximate surface area is 84.3 Å². The molecule has 66 valence electrons. The van der Waals surface area contributed by atoms with E-state index in [0.717, 1.165) is 11.3 Å². The van der Waals surface area contributed by atoms with Crippen molar-refractivity contribution in [3.05, 3.63) is 33.4 Å². The van der Waals surface area contributed by atoms with E-state index in [2.05, 4.69) is 28.5 Å². The van der Waals surface area contributed by atoms with E-state index < -0.39 is 0 Å². The van der Waals surface area contributed by atoms with E-state index in [9.17, 15) is 0 Å². The van der Waals surface area contributed by atoms with Gasteiger partial charge in [-0.1, -0.05) is 23.9 Å². The highest BCUT2D eigenvalue weighted by Gasteiger charge is 2.13. The number of allylic oxidation sites excluding steroid dienone is 2. The van der Waals surface area contributed by atoms with Crippen molar-refractivity contribution in [3.8, 4) is 0 Å². The largest absolute Gasteiger partial charge is 0.404 e. The second kappa shape index (κ2) is 3.83. The van der Waals surface area contributed by atoms with Gasteiger partial charge in [-0.25, -0.2) is 0 Å². The molecule has 0 unspecified atom stereocenters. The van der Waals surface area contributed by atoms with Crippen molar-refractivity contribution in [1.29, 1.82) is 0 Å². The SMILES string of the molecule is ON=C=C1CC=C(c2cccs2)S1. The molecule has 0 saturated carbocycles. The summed E-state index contributed by atoms with van der Waals surface area (Å²) in [5, 5.41) is 13.3. The van der Waals surface area contributed by atoms with Gasteiger partial charge in [-0.2, -0.15) is 0 Å². The number of nitrogens with zero attached hydrogens (tertiary/aromatic N) is 1. The maximum absolute atomic E-state index is 8.30. The molecule has 0 spiro atoms. The van der Waals surface area contributed by atoms with Gasteiger partial charge in [-0.15, -0.1) is 11.3 Å². The summed E-state index contributed by atoms with van der Waals surface area (Å²) in [6.07, 6.45) is 2.95. The predicted octanol–water partition coefficient (Wildman–Crippen LogP) is 3.17. The topological polar surface area (TPSA) is 32.6 Å². The lowest BCUT2D eigenvalue weighted by molar-refractivity contribution is 0.322. The first-order valence-electron chi connectivity index (χ1n) is 3.78. The maximum Gasteiger partial charge on any atom is 0.0583 e. The zero-order valence-electron chi connectivity index (χ0n) is 6.73. The third kappa shape index (κ3) is 1.86. The number of thioether (sulfide) groups is 1. The van der Waals surface area contributed by atoms with Gasteiger partial charge in [-0.3, -0.25) is 0 Å². The fourth-order valence-corrected chi connectivity index (χ4v) is 2.88. The molecule has 0 saturated heterocycles. The first-order valence-corrected chi connectivity index (χ1v) is 5.47. The lowest BCUT2D eigenvalue weighted by Gasteiger charge is -1.93. The summed E-state index contributed by atoms with van der Waals surface area (Å²) in [6.45, 7) is 0. The van der Waals surface area contributed by atoms with Gasteiger partial charge < -0.3 is 5.21 Å². The van der Waals surface area contributed by atoms with Gasteiger partial charge in [0.1, 0.15) is 0 Å². The van der Waals surface area contributed by atoms with E-state index in [-0.39, 0.29) is 0 Å². The molecular weight excluding hydrogens is 202 g/mol. The Balaban J connectivity index is 2.19. The van der Waals surface area contributed by atoms with Crippen molar-refractivity contribution in [2.75, 3.05) is 0 Å². The van der Waals surface area contributed by atoms with Crippen LogP contribution in [-0.4, -0.2) is 11.1 Å². The van der Waals surface area contributed by atoms with Crippen molar-refractivity contribution in [3.63, 3.8) is 0 Å². The van der Waals surface area contributed by atoms with E-state index in [0.29, 0.717) is 0 Å². The number of hydrogen-bond donors (Lipinski definition) is 1. The predicted molar refractivity (Wildman–Crippen MR) is 57.2 cm³/mol. The average molecular weight is 209 g/mol. The summed E-state index contributed by atoms with van der Waals surface area (Å²) in [6, 6.07) is 4.12. The van der Waals surface area contributed by atoms with E-state index in [1.807, 2.05) is 6.07 Å². The third-order valence-corrected chi connectivity index (χ3v) is 3.79. The molecule has 13 heavy (non-hydrogen) atoms. The van der Waals surface area contributed by atoms with Crippen LogP contribution >= 0.6 is 23.1 Å². The molecule has 1 aromatic rings. The van der Waals surface area contributed by atoms with Gasteiger partial charge >= 0.3 is 0 Å². The quantitative estimate of drug-likeness (QED) is 0.438. The van der Waals surface area contributed by atoms with Crippen LogP contribution in [0.4, 0.5) is 0 Å². The Bertz CT molecular complexity index is 386. The van der Waals surface area contributed by atoms with E-state index >= 15 is 0 Å². The maximum atomic E-state index is 8.30. The van der Waals surface area contributed by atoms with Gasteiger partial charge in [0.15, 0.2) is 0 Å². The first-order chi connectivity index (χ1) is 6.40. The van der Waals surface area contributed by atoms with E-state index in [1.165, 1.54) is 9.78 Å². The van der Waals surface area contributed by atoms with Crippen molar-refractivity contribution >= 4 is 33.9 Å². The molecule has 1 N–H and O–H groups in total. The molecule has 4 heteroatoms. The molecule has 2 heterocycles. The summed E-state index contributed by atoms with van der Waals surface area (Å²) in [4.78, 5) is 3.46. The Kier molecular flexibility index (Phi) is 2.54. The fourth-order valence-electron chi connectivity index (χ4n) is 1.10. The fraction of sp³-hybridized carbons (Fsp3) is 0.111. The lowest BCUT2D eigenvalue weighted by atomic mass is 10.3. The van der Waals surface area contributed by atoms with Crippen LogP contribution in [0.25, 0.3) is 4.91 Å². The van der Waals surface area contributed by atoms with Crippen LogP contribution in [0.3, 0.4) is 0 Å². The number of hydrogen-bond acceptors (Lipinski definition) is 4. The molecule has 0 amide bonds. The van der Waals surface area contributed by atoms with Crippen LogP contribution < -0.4 is 0 Å². The zero-order valence-corrected chi connectivity index (χ0v) is 8.36. The minimum absolute atomic E-state index is 0.821. The van der Waals surface area contributed by atoms with Crippen LogP contribution in [0.5, 0.6) is 0 Å². The molecular formula is C9H7NOS2. The van der Waals surface area contributed by atoms with Crippen LogP contribution in [0.2, 0.25) is 0 Å². The summed E-state index contributed by atoms with van der Waals surface area (Å²) in [5.41, 5.74) is 0. The first kappa shape index (κ1) is 8.63. The van der Waals surface area contributed by atoms with Gasteiger partial charge in [0.25, 0.3) is 0 Å². The second-order valence-electron chi connectivity index (χ2n) is 2.49. The molecule has 1 aromatic heterocycles. The molecule has 1 aliphatic rings. The Morgan fingerprint density at radius 2 is 2.46 bits per heavy atom. The van der Waals surface area contributed by atoms with Crippen molar-refractivity contribution in [1.82, 2.24) is 0 Å². The van der Waals surface area contributed by atoms with Crippen molar-refractivity contribution in [2.24, 2.45) is 5.16 Å². The van der Waals surface area contributed by atoms with Crippen LogP contribution in [0, 0.1) is 0 Å². The molecule has 2 rings (SSSR count). The smallest absolute Gasteiger partial charge is 0.0583 e. The molecule has 0 fully saturated rings. The highest BCUT2D eigenvalue weighted by Crippen LogP contribution is 2.42. The Morgan fingerprint density at radius 3 is 3.15 bits per heavy atom. The lowest BCUT2D eigenvalue weighted by Crippen LogP contribution is -1.67. The normalized spacial score (nSPS) is 15.4. The average Bonchev–Trinajstić information content (AvgIpc) is 2.70. The van der Waals surface area contributed by atoms with Gasteiger partial charge in [0.2, 0.25) is 0 Å². The number of rotatable bonds is 1. The van der Waals surface area contributed by atoms with E-state index in [1.54, 1.807) is 23.1 Å². The van der Waals surface area contributed by atoms with Crippen molar-refractivity contribution in [2.45, 2.75) is 6.42 Å². The highest BCUT2D eigenvalue weighted by atomic mass is 32.2. The Hall–Kier alpha value is -0.960. The molecule has 0 radical (unpaired) electrons. The third-order valence-electron chi connectivity index (χ3n) is 1.64. The van der Waals surface area contributed by atoms with Crippen LogP contribution in [-0.2, 0) is 0 Å². The van der Waals surface area contributed by atoms with Gasteiger partial charge in [0.05, 0.1) is 4.91 Å². The minimum atomic E-state index is 0.821. The summed E-state index contributed by atoms with van der Waals surface area (Å²) in [7, 11) is 0. The molecule has 2 nitrogen and oxygen atoms in total. The highest BCUT2D eigenvalue weighted by molar-refractivity contribution is 8.12. The molecule has 0 aromatic carbocycles. The molecule has 0 aliphatic carbocycles. The number of thiophene rings is 1. The molecule has 0 bridgehead atoms. The van der Waals surface area contributed by atoms with Crippen LogP contribution in [0.1, 0.15) is 11.3 Å². The Morgan fingerprint density at radius 1 is 1.54 bits per heavy atom. The summed E-state index contributed by atoms with van der Waals surface area (Å²) in [5.74, 6) is 2.55. The minimum Gasteiger partial charge on any atom is -0.404 e. The molecule has 1 aliphatic heterocycles. The standard InChI is InChI=1S/C9H7NOS2/c11-10-6-7-3-4-9(13-7)8-2-1-5-12-8/h1-2,4-5,11H,3H2. The molecule has 0 atom stereocenters. The van der Waals surface area contributed by atoms with Crippen molar-refractivity contribution < 1.29 is 5.21 Å². The van der Waals surface area contributed by atoms with E-state index in [4.69, 9.17) is 5.21 Å². The van der Waals surface area contributed by atoms with Gasteiger partial charge in [0, 0.05) is 22.1 Å². The second-order valence-corrected chi connectivity index (χ2v) is 4.57. The summed E-state index contributed by atoms with van der Waals surface area (Å²) < 4.78 is 0. The van der Waals surface area contributed by atoms with Gasteiger partial charge in [-0.05, 0) is 16.6 Å². The van der Waals surface area contributed by atoms with Crippen LogP contribution in [0.15, 0.2) is 33.6 Å². The monoisotopic (exact) mass is 209 g/mol. The zero-order chi connectivity index (χ0) is 9.10. The summed E-state index contributed by atoms with van der Waals surface area (Å²) >= 11 is 3.33.